The number of aromatic nitrogens is 2. The second-order valence-corrected chi connectivity index (χ2v) is 6.56. The lowest BCUT2D eigenvalue weighted by Crippen LogP contribution is -2.38. The van der Waals surface area contributed by atoms with Crippen LogP contribution in [0, 0.1) is 6.92 Å². The smallest absolute Gasteiger partial charge is 0.435 e. The van der Waals surface area contributed by atoms with Crippen LogP contribution in [0.1, 0.15) is 22.4 Å². The van der Waals surface area contributed by atoms with E-state index in [1.54, 1.807) is 28.3 Å². The fourth-order valence-electron chi connectivity index (χ4n) is 2.99. The van der Waals surface area contributed by atoms with Crippen LogP contribution >= 0.6 is 24.0 Å². The first-order valence-electron chi connectivity index (χ1n) is 8.83. The molecule has 0 aliphatic rings. The third-order valence-corrected chi connectivity index (χ3v) is 4.43. The quantitative estimate of drug-likeness (QED) is 0.344. The van der Waals surface area contributed by atoms with Gasteiger partial charge >= 0.3 is 6.18 Å². The fraction of sp³-hybridized carbons (Fsp3) is 0.474. The largest absolute Gasteiger partial charge is 0.493 e. The van der Waals surface area contributed by atoms with Crippen molar-refractivity contribution < 1.29 is 22.6 Å². The number of benzene rings is 1. The van der Waals surface area contributed by atoms with Gasteiger partial charge in [0.05, 0.1) is 14.2 Å². The third kappa shape index (κ3) is 6.16. The lowest BCUT2D eigenvalue weighted by atomic mass is 10.1. The summed E-state index contributed by atoms with van der Waals surface area (Å²) in [7, 11) is 7.98. The summed E-state index contributed by atoms with van der Waals surface area (Å²) in [6.45, 7) is 2.38. The average molecular weight is 541 g/mol. The number of guanidine groups is 1. The lowest BCUT2D eigenvalue weighted by Gasteiger charge is -2.23. The van der Waals surface area contributed by atoms with Crippen molar-refractivity contribution in [3.8, 4) is 11.5 Å². The van der Waals surface area contributed by atoms with Crippen LogP contribution in [-0.2, 0) is 26.3 Å². The molecule has 0 saturated heterocycles. The molecule has 30 heavy (non-hydrogen) atoms. The molecule has 0 saturated carbocycles. The highest BCUT2D eigenvalue weighted by molar-refractivity contribution is 14.0. The Morgan fingerprint density at radius 1 is 1.20 bits per heavy atom. The molecule has 0 atom stereocenters. The van der Waals surface area contributed by atoms with Crippen molar-refractivity contribution in [1.82, 2.24) is 20.0 Å². The van der Waals surface area contributed by atoms with Crippen molar-refractivity contribution in [2.45, 2.75) is 26.2 Å². The van der Waals surface area contributed by atoms with E-state index in [0.717, 1.165) is 15.8 Å². The number of alkyl halides is 3. The van der Waals surface area contributed by atoms with Crippen LogP contribution < -0.4 is 14.8 Å². The Labute approximate surface area is 191 Å². The normalized spacial score (nSPS) is 11.7. The van der Waals surface area contributed by atoms with Crippen LogP contribution in [0.15, 0.2) is 23.3 Å². The zero-order valence-corrected chi connectivity index (χ0v) is 20.1. The highest BCUT2D eigenvalue weighted by atomic mass is 127. The highest BCUT2D eigenvalue weighted by Crippen LogP contribution is 2.31. The van der Waals surface area contributed by atoms with E-state index in [4.69, 9.17) is 9.47 Å². The molecule has 1 aromatic carbocycles. The van der Waals surface area contributed by atoms with Crippen LogP contribution in [0.5, 0.6) is 11.5 Å². The van der Waals surface area contributed by atoms with Crippen molar-refractivity contribution in [3.05, 3.63) is 40.7 Å². The van der Waals surface area contributed by atoms with Gasteiger partial charge in [0.25, 0.3) is 0 Å². The van der Waals surface area contributed by atoms with Gasteiger partial charge in [-0.15, -0.1) is 24.0 Å². The maximum Gasteiger partial charge on any atom is 0.435 e. The second kappa shape index (κ2) is 10.7. The summed E-state index contributed by atoms with van der Waals surface area (Å²) in [5, 5.41) is 6.49. The average Bonchev–Trinajstić information content (AvgIpc) is 3.04. The molecule has 1 heterocycles. The van der Waals surface area contributed by atoms with E-state index in [1.165, 1.54) is 13.2 Å². The Bertz CT molecular complexity index is 884. The molecule has 0 spiro atoms. The highest BCUT2D eigenvalue weighted by Gasteiger charge is 2.36. The van der Waals surface area contributed by atoms with Gasteiger partial charge in [-0.3, -0.25) is 9.67 Å². The molecule has 0 aliphatic carbocycles. The van der Waals surface area contributed by atoms with E-state index < -0.39 is 11.9 Å². The van der Waals surface area contributed by atoms with Crippen molar-refractivity contribution in [2.24, 2.45) is 12.0 Å². The molecule has 1 N–H and O–H groups in total. The van der Waals surface area contributed by atoms with Crippen LogP contribution in [0.25, 0.3) is 0 Å². The SMILES string of the molecule is CN=C(NCc1cn(C)nc1C(F)(F)F)N(C)Cc1cc(OC)c(OC)cc1C.I. The van der Waals surface area contributed by atoms with Gasteiger partial charge in [-0.2, -0.15) is 18.3 Å². The van der Waals surface area contributed by atoms with Gasteiger partial charge in [0.15, 0.2) is 23.2 Å². The lowest BCUT2D eigenvalue weighted by molar-refractivity contribution is -0.142. The van der Waals surface area contributed by atoms with Gasteiger partial charge in [0.2, 0.25) is 0 Å². The molecule has 0 bridgehead atoms. The number of ether oxygens (including phenoxy) is 2. The molecule has 11 heteroatoms. The number of halogens is 4. The minimum absolute atomic E-state index is 0. The summed E-state index contributed by atoms with van der Waals surface area (Å²) >= 11 is 0. The molecule has 0 unspecified atom stereocenters. The standard InChI is InChI=1S/C19H26F3N5O2.HI/c1-12-7-15(28-5)16(29-6)8-13(12)10-26(3)18(23-2)24-9-14-11-27(4)25-17(14)19(20,21)22;/h7-8,11H,9-10H2,1-6H3,(H,23,24);1H. The van der Waals surface area contributed by atoms with Gasteiger partial charge in [0.1, 0.15) is 0 Å². The van der Waals surface area contributed by atoms with E-state index in [1.807, 2.05) is 24.0 Å². The predicted octanol–water partition coefficient (Wildman–Crippen LogP) is 3.59. The zero-order valence-electron chi connectivity index (χ0n) is 17.8. The number of hydrogen-bond acceptors (Lipinski definition) is 4. The first-order valence-corrected chi connectivity index (χ1v) is 8.83. The summed E-state index contributed by atoms with van der Waals surface area (Å²) in [4.78, 5) is 5.99. The number of hydrogen-bond donors (Lipinski definition) is 1. The summed E-state index contributed by atoms with van der Waals surface area (Å²) in [5.74, 6) is 1.70. The van der Waals surface area contributed by atoms with Crippen LogP contribution in [0.2, 0.25) is 0 Å². The van der Waals surface area contributed by atoms with Gasteiger partial charge in [0, 0.05) is 46.0 Å². The first kappa shape index (κ1) is 25.9. The second-order valence-electron chi connectivity index (χ2n) is 6.56. The van der Waals surface area contributed by atoms with Gasteiger partial charge in [-0.1, -0.05) is 0 Å². The van der Waals surface area contributed by atoms with Crippen molar-refractivity contribution in [1.29, 1.82) is 0 Å². The predicted molar refractivity (Wildman–Crippen MR) is 120 cm³/mol. The van der Waals surface area contributed by atoms with Crippen molar-refractivity contribution in [2.75, 3.05) is 28.3 Å². The number of nitrogens with zero attached hydrogens (tertiary/aromatic N) is 4. The van der Waals surface area contributed by atoms with Crippen LogP contribution in [0.3, 0.4) is 0 Å². The Morgan fingerprint density at radius 2 is 1.80 bits per heavy atom. The van der Waals surface area contributed by atoms with Crippen molar-refractivity contribution >= 4 is 29.9 Å². The molecular formula is C19H27F3IN5O2. The molecular weight excluding hydrogens is 514 g/mol. The topological polar surface area (TPSA) is 63.9 Å². The monoisotopic (exact) mass is 541 g/mol. The molecule has 2 rings (SSSR count). The number of rotatable bonds is 6. The molecule has 0 fully saturated rings. The Kier molecular flexibility index (Phi) is 9.25. The zero-order chi connectivity index (χ0) is 21.8. The summed E-state index contributed by atoms with van der Waals surface area (Å²) in [6, 6.07) is 3.75. The van der Waals surface area contributed by atoms with E-state index in [-0.39, 0.29) is 36.1 Å². The Balaban J connectivity index is 0.00000450. The molecule has 1 aromatic heterocycles. The summed E-state index contributed by atoms with van der Waals surface area (Å²) in [6.07, 6.45) is -3.16. The Hall–Kier alpha value is -2.18. The first-order chi connectivity index (χ1) is 13.6. The fourth-order valence-corrected chi connectivity index (χ4v) is 2.99. The minimum Gasteiger partial charge on any atom is -0.493 e. The molecule has 2 aromatic rings. The third-order valence-electron chi connectivity index (χ3n) is 4.43. The molecule has 0 aliphatic heterocycles. The number of aliphatic imine (C=N–C) groups is 1. The van der Waals surface area contributed by atoms with Crippen molar-refractivity contribution in [3.63, 3.8) is 0 Å². The minimum atomic E-state index is -4.51. The van der Waals surface area contributed by atoms with E-state index in [0.29, 0.717) is 24.0 Å². The van der Waals surface area contributed by atoms with Gasteiger partial charge in [-0.25, -0.2) is 0 Å². The Morgan fingerprint density at radius 3 is 2.33 bits per heavy atom. The number of nitrogens with one attached hydrogen (secondary N) is 1. The van der Waals surface area contributed by atoms with E-state index >= 15 is 0 Å². The maximum atomic E-state index is 13.1. The maximum absolute atomic E-state index is 13.1. The molecule has 0 amide bonds. The summed E-state index contributed by atoms with van der Waals surface area (Å²) < 4.78 is 51.2. The van der Waals surface area contributed by atoms with Crippen LogP contribution in [-0.4, -0.2) is 49.0 Å². The number of methoxy groups -OCH3 is 2. The van der Waals surface area contributed by atoms with E-state index in [2.05, 4.69) is 15.4 Å². The molecule has 0 radical (unpaired) electrons. The molecule has 168 valence electrons. The van der Waals surface area contributed by atoms with E-state index in [9.17, 15) is 13.2 Å². The summed E-state index contributed by atoms with van der Waals surface area (Å²) in [5.41, 5.74) is 1.13. The molecule has 7 nitrogen and oxygen atoms in total. The van der Waals surface area contributed by atoms with Gasteiger partial charge < -0.3 is 19.7 Å². The van der Waals surface area contributed by atoms with Crippen LogP contribution in [0.4, 0.5) is 13.2 Å². The number of aryl methyl sites for hydroxylation is 2. The van der Waals surface area contributed by atoms with Gasteiger partial charge in [-0.05, 0) is 30.2 Å².